The molecule has 2 N–H and O–H groups in total. The Hall–Kier alpha value is -1.81. The summed E-state index contributed by atoms with van der Waals surface area (Å²) in [6, 6.07) is 2.12. The Labute approximate surface area is 118 Å². The average Bonchev–Trinajstić information content (AvgIpc) is 2.36. The van der Waals surface area contributed by atoms with Gasteiger partial charge in [-0.2, -0.15) is 17.9 Å². The molecule has 0 spiro atoms. The molecule has 1 unspecified atom stereocenters. The van der Waals surface area contributed by atoms with E-state index in [4.69, 9.17) is 0 Å². The Kier molecular flexibility index (Phi) is 3.85. The van der Waals surface area contributed by atoms with E-state index in [1.807, 2.05) is 4.72 Å². The number of ether oxygens (including phenoxy) is 1. The van der Waals surface area contributed by atoms with Crippen LogP contribution in [0.4, 0.5) is 18.9 Å². The van der Waals surface area contributed by atoms with Crippen molar-refractivity contribution < 1.29 is 31.1 Å². The molecule has 1 atom stereocenters. The number of benzene rings is 1. The van der Waals surface area contributed by atoms with Crippen LogP contribution in [-0.4, -0.2) is 27.2 Å². The van der Waals surface area contributed by atoms with Gasteiger partial charge in [0.25, 0.3) is 0 Å². The summed E-state index contributed by atoms with van der Waals surface area (Å²) >= 11 is 0. The molecule has 1 aromatic carbocycles. The Balaban J connectivity index is 2.44. The van der Waals surface area contributed by atoms with Crippen molar-refractivity contribution in [2.24, 2.45) is 0 Å². The highest BCUT2D eigenvalue weighted by Gasteiger charge is 2.37. The van der Waals surface area contributed by atoms with E-state index in [1.165, 1.54) is 6.92 Å². The van der Waals surface area contributed by atoms with E-state index in [1.54, 1.807) is 0 Å². The van der Waals surface area contributed by atoms with Crippen molar-refractivity contribution in [1.29, 1.82) is 0 Å². The number of fused-ring (bicyclic) bond motifs is 1. The maximum atomic E-state index is 12.6. The average molecular weight is 324 g/mol. The number of halogens is 3. The maximum absolute atomic E-state index is 12.6. The van der Waals surface area contributed by atoms with Crippen LogP contribution in [-0.2, 0) is 25.7 Å². The number of sulfonamides is 1. The van der Waals surface area contributed by atoms with Crippen molar-refractivity contribution in [3.05, 3.63) is 23.8 Å². The van der Waals surface area contributed by atoms with Gasteiger partial charge in [-0.25, -0.2) is 13.2 Å². The number of esters is 1. The van der Waals surface area contributed by atoms with Crippen LogP contribution in [0.25, 0.3) is 0 Å². The summed E-state index contributed by atoms with van der Waals surface area (Å²) < 4.78 is 68.4. The Morgan fingerprint density at radius 2 is 2.05 bits per heavy atom. The molecule has 10 heteroatoms. The Morgan fingerprint density at radius 1 is 1.38 bits per heavy atom. The van der Waals surface area contributed by atoms with E-state index < -0.39 is 33.9 Å². The number of anilines is 1. The molecular weight excluding hydrogens is 313 g/mol. The molecule has 1 aromatic rings. The molecule has 1 heterocycles. The fourth-order valence-corrected chi connectivity index (χ4v) is 3.04. The summed E-state index contributed by atoms with van der Waals surface area (Å²) in [4.78, 5) is 11.2. The third-order valence-corrected chi connectivity index (χ3v) is 4.17. The summed E-state index contributed by atoms with van der Waals surface area (Å²) in [6.07, 6.45) is -6.09. The zero-order valence-electron chi connectivity index (χ0n) is 10.7. The molecule has 0 saturated heterocycles. The lowest BCUT2D eigenvalue weighted by Gasteiger charge is -2.27. The summed E-state index contributed by atoms with van der Waals surface area (Å²) in [6.45, 7) is 1.53. The Morgan fingerprint density at radius 3 is 2.62 bits per heavy atom. The number of carbonyl (C=O) groups excluding carboxylic acids is 1. The minimum Gasteiger partial charge on any atom is -0.463 e. The van der Waals surface area contributed by atoms with E-state index in [0.29, 0.717) is 12.1 Å². The van der Waals surface area contributed by atoms with E-state index in [9.17, 15) is 26.4 Å². The summed E-state index contributed by atoms with van der Waals surface area (Å²) in [7, 11) is -4.10. The number of hydrogen-bond acceptors (Lipinski definition) is 5. The minimum atomic E-state index is -4.62. The SMILES string of the molecule is CCOC(=O)C1Nc2cc(C(F)(F)F)ccc2S(=O)(=O)N1. The van der Waals surface area contributed by atoms with Crippen LogP contribution in [0.5, 0.6) is 0 Å². The van der Waals surface area contributed by atoms with Gasteiger partial charge in [0.05, 0.1) is 17.9 Å². The van der Waals surface area contributed by atoms with Crippen molar-refractivity contribution in [3.63, 3.8) is 0 Å². The van der Waals surface area contributed by atoms with Crippen LogP contribution in [0.3, 0.4) is 0 Å². The highest BCUT2D eigenvalue weighted by molar-refractivity contribution is 7.89. The maximum Gasteiger partial charge on any atom is 0.416 e. The lowest BCUT2D eigenvalue weighted by Crippen LogP contribution is -2.50. The number of alkyl halides is 3. The largest absolute Gasteiger partial charge is 0.463 e. The van der Waals surface area contributed by atoms with E-state index in [2.05, 4.69) is 10.1 Å². The molecule has 0 aliphatic carbocycles. The first kappa shape index (κ1) is 15.6. The van der Waals surface area contributed by atoms with Crippen LogP contribution in [0, 0.1) is 0 Å². The van der Waals surface area contributed by atoms with E-state index >= 15 is 0 Å². The zero-order chi connectivity index (χ0) is 15.8. The molecule has 1 aliphatic heterocycles. The van der Waals surface area contributed by atoms with Gasteiger partial charge >= 0.3 is 12.1 Å². The molecule has 0 amide bonds. The molecule has 0 saturated carbocycles. The highest BCUT2D eigenvalue weighted by atomic mass is 32.2. The van der Waals surface area contributed by atoms with Gasteiger partial charge < -0.3 is 10.1 Å². The van der Waals surface area contributed by atoms with Gasteiger partial charge in [-0.3, -0.25) is 0 Å². The molecule has 0 fully saturated rings. The first-order valence-electron chi connectivity index (χ1n) is 5.82. The van der Waals surface area contributed by atoms with Crippen molar-refractivity contribution in [2.75, 3.05) is 11.9 Å². The van der Waals surface area contributed by atoms with Crippen LogP contribution in [0.15, 0.2) is 23.1 Å². The molecule has 6 nitrogen and oxygen atoms in total. The van der Waals surface area contributed by atoms with Gasteiger partial charge in [0.15, 0.2) is 6.17 Å². The molecule has 1 aliphatic rings. The van der Waals surface area contributed by atoms with Crippen LogP contribution in [0.2, 0.25) is 0 Å². The van der Waals surface area contributed by atoms with Crippen LogP contribution >= 0.6 is 0 Å². The second-order valence-electron chi connectivity index (χ2n) is 4.16. The third-order valence-electron chi connectivity index (χ3n) is 2.69. The van der Waals surface area contributed by atoms with Gasteiger partial charge in [0.1, 0.15) is 4.90 Å². The number of hydrogen-bond donors (Lipinski definition) is 2. The lowest BCUT2D eigenvalue weighted by atomic mass is 10.2. The molecule has 0 aromatic heterocycles. The first-order valence-corrected chi connectivity index (χ1v) is 7.30. The summed E-state index contributed by atoms with van der Waals surface area (Å²) in [5.41, 5.74) is -1.32. The highest BCUT2D eigenvalue weighted by Crippen LogP contribution is 2.35. The molecule has 0 radical (unpaired) electrons. The zero-order valence-corrected chi connectivity index (χ0v) is 11.5. The molecule has 21 heavy (non-hydrogen) atoms. The smallest absolute Gasteiger partial charge is 0.416 e. The number of carbonyl (C=O) groups is 1. The Bertz CT molecular complexity index is 673. The van der Waals surface area contributed by atoms with E-state index in [-0.39, 0.29) is 17.2 Å². The monoisotopic (exact) mass is 324 g/mol. The predicted octanol–water partition coefficient (Wildman–Crippen LogP) is 1.30. The summed E-state index contributed by atoms with van der Waals surface area (Å²) in [5, 5.41) is 2.38. The second kappa shape index (κ2) is 5.19. The second-order valence-corrected chi connectivity index (χ2v) is 5.84. The topological polar surface area (TPSA) is 84.5 Å². The van der Waals surface area contributed by atoms with Gasteiger partial charge in [0.2, 0.25) is 10.0 Å². The minimum absolute atomic E-state index is 0.00812. The number of nitrogens with one attached hydrogen (secondary N) is 2. The fraction of sp³-hybridized carbons (Fsp3) is 0.364. The number of rotatable bonds is 2. The van der Waals surface area contributed by atoms with Gasteiger partial charge in [0, 0.05) is 0 Å². The third kappa shape index (κ3) is 3.10. The quantitative estimate of drug-likeness (QED) is 0.801. The van der Waals surface area contributed by atoms with Crippen LogP contribution < -0.4 is 10.0 Å². The van der Waals surface area contributed by atoms with E-state index in [0.717, 1.165) is 6.07 Å². The van der Waals surface area contributed by atoms with Gasteiger partial charge in [-0.15, -0.1) is 0 Å². The van der Waals surface area contributed by atoms with Crippen LogP contribution in [0.1, 0.15) is 12.5 Å². The van der Waals surface area contributed by atoms with Crippen molar-refractivity contribution in [3.8, 4) is 0 Å². The summed E-state index contributed by atoms with van der Waals surface area (Å²) in [5.74, 6) is -0.927. The van der Waals surface area contributed by atoms with Crippen molar-refractivity contribution in [1.82, 2.24) is 4.72 Å². The standard InChI is InChI=1S/C11H11F3N2O4S/c1-2-20-10(17)9-15-7-5-6(11(12,13)14)3-4-8(7)21(18,19)16-9/h3-5,9,15-16H,2H2,1H3. The predicted molar refractivity (Wildman–Crippen MR) is 65.8 cm³/mol. The molecule has 0 bridgehead atoms. The normalized spacial score (nSPS) is 20.3. The van der Waals surface area contributed by atoms with Gasteiger partial charge in [-0.05, 0) is 25.1 Å². The van der Waals surface area contributed by atoms with Gasteiger partial charge in [-0.1, -0.05) is 0 Å². The first-order chi connectivity index (χ1) is 9.65. The fourth-order valence-electron chi connectivity index (χ4n) is 1.79. The lowest BCUT2D eigenvalue weighted by molar-refractivity contribution is -0.144. The van der Waals surface area contributed by atoms with Crippen molar-refractivity contribution >= 4 is 21.7 Å². The molecule has 2 rings (SSSR count). The molecule has 116 valence electrons. The van der Waals surface area contributed by atoms with Crippen molar-refractivity contribution in [2.45, 2.75) is 24.2 Å². The molecular formula is C11H11F3N2O4S.